The number of hydrogen-bond donors (Lipinski definition) is 0. The van der Waals surface area contributed by atoms with Gasteiger partial charge >= 0.3 is 5.97 Å². The number of benzene rings is 1. The Morgan fingerprint density at radius 3 is 2.37 bits per heavy atom. The smallest absolute Gasteiger partial charge is 0.339 e. The maximum Gasteiger partial charge on any atom is 0.339 e. The third-order valence-electron chi connectivity index (χ3n) is 2.39. The second kappa shape index (κ2) is 6.31. The largest absolute Gasteiger partial charge is 0.459 e. The number of carbonyl (C=O) groups is 1. The average molecular weight is 346 g/mol. The van der Waals surface area contributed by atoms with Gasteiger partial charge in [0.15, 0.2) is 0 Å². The first-order valence-electron chi connectivity index (χ1n) is 5.31. The highest BCUT2D eigenvalue weighted by atomic mass is 35.7. The Morgan fingerprint density at radius 2 is 1.89 bits per heavy atom. The van der Waals surface area contributed by atoms with Crippen LogP contribution in [0.5, 0.6) is 0 Å². The first kappa shape index (κ1) is 16.6. The fourth-order valence-electron chi connectivity index (χ4n) is 1.20. The van der Waals surface area contributed by atoms with Crippen LogP contribution in [-0.2, 0) is 13.8 Å². The van der Waals surface area contributed by atoms with Crippen molar-refractivity contribution in [3.63, 3.8) is 0 Å². The lowest BCUT2D eigenvalue weighted by Gasteiger charge is -2.12. The standard InChI is InChI=1S/C11H11Cl3O4S/c1-3-6(2)18-11(15)7-4-10(19(14,16)17)9(13)5-8(7)12/h4-6H,3H2,1-2H3. The van der Waals surface area contributed by atoms with Crippen molar-refractivity contribution in [3.8, 4) is 0 Å². The minimum Gasteiger partial charge on any atom is -0.459 e. The van der Waals surface area contributed by atoms with Crippen molar-refractivity contribution in [2.24, 2.45) is 0 Å². The molecular formula is C11H11Cl3O4S. The molecule has 0 amide bonds. The molecule has 0 radical (unpaired) electrons. The second-order valence-electron chi connectivity index (χ2n) is 3.82. The SMILES string of the molecule is CCC(C)OC(=O)c1cc(S(=O)(=O)Cl)c(Cl)cc1Cl. The lowest BCUT2D eigenvalue weighted by atomic mass is 10.2. The summed E-state index contributed by atoms with van der Waals surface area (Å²) in [6, 6.07) is 2.16. The van der Waals surface area contributed by atoms with E-state index in [2.05, 4.69) is 0 Å². The van der Waals surface area contributed by atoms with Gasteiger partial charge in [-0.1, -0.05) is 30.1 Å². The normalized spacial score (nSPS) is 13.1. The van der Waals surface area contributed by atoms with E-state index in [1.807, 2.05) is 6.92 Å². The van der Waals surface area contributed by atoms with Gasteiger partial charge in [0, 0.05) is 10.7 Å². The van der Waals surface area contributed by atoms with Gasteiger partial charge in [0.05, 0.1) is 21.7 Å². The summed E-state index contributed by atoms with van der Waals surface area (Å²) in [5.74, 6) is -0.724. The van der Waals surface area contributed by atoms with Gasteiger partial charge in [-0.15, -0.1) is 0 Å². The Labute approximate surface area is 126 Å². The van der Waals surface area contributed by atoms with Crippen LogP contribution in [0.4, 0.5) is 0 Å². The molecule has 0 aromatic heterocycles. The summed E-state index contributed by atoms with van der Waals surface area (Å²) in [7, 11) is 1.15. The summed E-state index contributed by atoms with van der Waals surface area (Å²) in [5.41, 5.74) is -0.0920. The van der Waals surface area contributed by atoms with Crippen molar-refractivity contribution in [3.05, 3.63) is 27.7 Å². The van der Waals surface area contributed by atoms with E-state index < -0.39 is 15.0 Å². The predicted octanol–water partition coefficient (Wildman–Crippen LogP) is 3.88. The molecule has 8 heteroatoms. The van der Waals surface area contributed by atoms with Crippen molar-refractivity contribution in [2.75, 3.05) is 0 Å². The van der Waals surface area contributed by atoms with Crippen molar-refractivity contribution in [1.29, 1.82) is 0 Å². The van der Waals surface area contributed by atoms with Crippen molar-refractivity contribution < 1.29 is 17.9 Å². The van der Waals surface area contributed by atoms with Crippen LogP contribution in [0, 0.1) is 0 Å². The molecule has 1 aromatic rings. The highest BCUT2D eigenvalue weighted by Crippen LogP contribution is 2.31. The summed E-state index contributed by atoms with van der Waals surface area (Å²) in [6.07, 6.45) is 0.313. The summed E-state index contributed by atoms with van der Waals surface area (Å²) < 4.78 is 27.7. The van der Waals surface area contributed by atoms with Crippen LogP contribution in [0.2, 0.25) is 10.0 Å². The molecule has 0 saturated carbocycles. The van der Waals surface area contributed by atoms with Crippen LogP contribution in [0.25, 0.3) is 0 Å². The first-order chi connectivity index (χ1) is 8.66. The van der Waals surface area contributed by atoms with Gasteiger partial charge in [0.25, 0.3) is 9.05 Å². The van der Waals surface area contributed by atoms with Crippen LogP contribution in [0.1, 0.15) is 30.6 Å². The molecule has 0 aliphatic heterocycles. The molecule has 1 atom stereocenters. The van der Waals surface area contributed by atoms with Crippen molar-refractivity contribution >= 4 is 48.9 Å². The third kappa shape index (κ3) is 4.24. The van der Waals surface area contributed by atoms with Gasteiger partial charge in [-0.2, -0.15) is 0 Å². The topological polar surface area (TPSA) is 60.4 Å². The number of halogens is 3. The van der Waals surface area contributed by atoms with E-state index in [4.69, 9.17) is 38.6 Å². The number of hydrogen-bond acceptors (Lipinski definition) is 4. The lowest BCUT2D eigenvalue weighted by Crippen LogP contribution is -2.15. The van der Waals surface area contributed by atoms with E-state index in [9.17, 15) is 13.2 Å². The third-order valence-corrected chi connectivity index (χ3v) is 4.49. The van der Waals surface area contributed by atoms with Crippen molar-refractivity contribution in [2.45, 2.75) is 31.3 Å². The Morgan fingerprint density at radius 1 is 1.32 bits per heavy atom. The monoisotopic (exact) mass is 344 g/mol. The molecule has 1 rings (SSSR count). The first-order valence-corrected chi connectivity index (χ1v) is 8.38. The lowest BCUT2D eigenvalue weighted by molar-refractivity contribution is 0.0334. The molecule has 0 aliphatic rings. The molecule has 0 heterocycles. The van der Waals surface area contributed by atoms with E-state index in [1.54, 1.807) is 6.92 Å². The zero-order valence-corrected chi connectivity index (χ0v) is 13.2. The molecule has 1 aromatic carbocycles. The molecule has 0 N–H and O–H groups in total. The van der Waals surface area contributed by atoms with Gasteiger partial charge in [-0.05, 0) is 25.5 Å². The minimum absolute atomic E-state index is 0.00219. The van der Waals surface area contributed by atoms with E-state index in [1.165, 1.54) is 0 Å². The fourth-order valence-corrected chi connectivity index (χ4v) is 3.02. The molecule has 0 aliphatic carbocycles. The van der Waals surface area contributed by atoms with Gasteiger partial charge in [0.1, 0.15) is 4.90 Å². The van der Waals surface area contributed by atoms with E-state index >= 15 is 0 Å². The number of carbonyl (C=O) groups excluding carboxylic acids is 1. The summed E-state index contributed by atoms with van der Waals surface area (Å²) in [4.78, 5) is 11.5. The molecule has 0 saturated heterocycles. The number of ether oxygens (including phenoxy) is 1. The molecule has 0 fully saturated rings. The minimum atomic E-state index is -4.07. The van der Waals surface area contributed by atoms with Gasteiger partial charge in [-0.25, -0.2) is 13.2 Å². The quantitative estimate of drug-likeness (QED) is 0.614. The molecule has 1 unspecified atom stereocenters. The highest BCUT2D eigenvalue weighted by Gasteiger charge is 2.22. The van der Waals surface area contributed by atoms with Gasteiger partial charge < -0.3 is 4.74 Å². The number of rotatable bonds is 4. The average Bonchev–Trinajstić information content (AvgIpc) is 2.26. The molecule has 0 bridgehead atoms. The molecule has 4 nitrogen and oxygen atoms in total. The Bertz CT molecular complexity index is 598. The maximum absolute atomic E-state index is 11.8. The van der Waals surface area contributed by atoms with Crippen LogP contribution < -0.4 is 0 Å². The van der Waals surface area contributed by atoms with Crippen LogP contribution in [0.3, 0.4) is 0 Å². The van der Waals surface area contributed by atoms with E-state index in [0.29, 0.717) is 6.42 Å². The summed E-state index contributed by atoms with van der Waals surface area (Å²) >= 11 is 11.6. The second-order valence-corrected chi connectivity index (χ2v) is 7.17. The van der Waals surface area contributed by atoms with Crippen molar-refractivity contribution in [1.82, 2.24) is 0 Å². The maximum atomic E-state index is 11.8. The highest BCUT2D eigenvalue weighted by molar-refractivity contribution is 8.13. The molecule has 0 spiro atoms. The van der Waals surface area contributed by atoms with E-state index in [-0.39, 0.29) is 26.6 Å². The Hall–Kier alpha value is -0.490. The number of esters is 1. The molecular weight excluding hydrogens is 335 g/mol. The van der Waals surface area contributed by atoms with Crippen LogP contribution in [0.15, 0.2) is 17.0 Å². The van der Waals surface area contributed by atoms with Crippen LogP contribution >= 0.6 is 33.9 Å². The zero-order chi connectivity index (χ0) is 14.8. The predicted molar refractivity (Wildman–Crippen MR) is 74.7 cm³/mol. The van der Waals surface area contributed by atoms with Gasteiger partial charge in [-0.3, -0.25) is 0 Å². The molecule has 19 heavy (non-hydrogen) atoms. The Kier molecular flexibility index (Phi) is 5.50. The van der Waals surface area contributed by atoms with Crippen LogP contribution in [-0.4, -0.2) is 20.5 Å². The summed E-state index contributed by atoms with van der Waals surface area (Å²) in [6.45, 7) is 3.55. The zero-order valence-electron chi connectivity index (χ0n) is 10.1. The molecule has 106 valence electrons. The Balaban J connectivity index is 3.26. The van der Waals surface area contributed by atoms with Gasteiger partial charge in [0.2, 0.25) is 0 Å². The summed E-state index contributed by atoms with van der Waals surface area (Å²) in [5, 5.41) is -0.151. The fraction of sp³-hybridized carbons (Fsp3) is 0.364. The van der Waals surface area contributed by atoms with E-state index in [0.717, 1.165) is 12.1 Å².